The summed E-state index contributed by atoms with van der Waals surface area (Å²) in [6.07, 6.45) is 3.33. The number of amides is 1. The third-order valence-electron chi connectivity index (χ3n) is 1.68. The lowest BCUT2D eigenvalue weighted by atomic mass is 9.95. The van der Waals surface area contributed by atoms with Gasteiger partial charge >= 0.3 is 0 Å². The zero-order valence-corrected chi connectivity index (χ0v) is 7.11. The van der Waals surface area contributed by atoms with E-state index in [0.29, 0.717) is 0 Å². The van der Waals surface area contributed by atoms with Gasteiger partial charge in [-0.1, -0.05) is 19.7 Å². The molecule has 0 radical (unpaired) electrons. The van der Waals surface area contributed by atoms with E-state index >= 15 is 0 Å². The van der Waals surface area contributed by atoms with Crippen LogP contribution in [0.5, 0.6) is 0 Å². The van der Waals surface area contributed by atoms with Crippen molar-refractivity contribution in [3.8, 4) is 0 Å². The maximum Gasteiger partial charge on any atom is 0.222 e. The minimum Gasteiger partial charge on any atom is -0.359 e. The van der Waals surface area contributed by atoms with Gasteiger partial charge in [-0.3, -0.25) is 4.79 Å². The van der Waals surface area contributed by atoms with Crippen LogP contribution in [0.4, 0.5) is 0 Å². The molecule has 3 heteroatoms. The Morgan fingerprint density at radius 3 is 2.70 bits per heavy atom. The molecule has 0 aromatic carbocycles. The molecule has 10 heavy (non-hydrogen) atoms. The topological polar surface area (TPSA) is 29.1 Å². The summed E-state index contributed by atoms with van der Waals surface area (Å²) < 4.78 is 0. The van der Waals surface area contributed by atoms with Crippen LogP contribution in [0.3, 0.4) is 0 Å². The van der Waals surface area contributed by atoms with E-state index in [1.165, 1.54) is 6.32 Å². The molecule has 0 aliphatic heterocycles. The Bertz CT molecular complexity index is 106. The summed E-state index contributed by atoms with van der Waals surface area (Å²) in [6.45, 7) is 1.97. The van der Waals surface area contributed by atoms with E-state index in [2.05, 4.69) is 13.2 Å². The van der Waals surface area contributed by atoms with Crippen molar-refractivity contribution in [1.29, 1.82) is 0 Å². The second-order valence-corrected chi connectivity index (χ2v) is 2.66. The highest BCUT2D eigenvalue weighted by Gasteiger charge is 2.08. The molecule has 0 saturated heterocycles. The van der Waals surface area contributed by atoms with Crippen molar-refractivity contribution in [2.45, 2.75) is 26.1 Å². The standard InChI is InChI=1S/C7H16BNO/c1-6(4-3-5-8)7(10)9-2/h6H,3-5,8H2,1-2H3,(H,9,10). The average Bonchev–Trinajstić information content (AvgIpc) is 1.98. The third-order valence-corrected chi connectivity index (χ3v) is 1.68. The smallest absolute Gasteiger partial charge is 0.222 e. The van der Waals surface area contributed by atoms with E-state index in [1.807, 2.05) is 6.92 Å². The number of rotatable bonds is 4. The molecular formula is C7H16BNO. The summed E-state index contributed by atoms with van der Waals surface area (Å²) in [5.41, 5.74) is 0. The van der Waals surface area contributed by atoms with E-state index in [0.717, 1.165) is 12.8 Å². The first-order chi connectivity index (χ1) is 4.72. The van der Waals surface area contributed by atoms with Crippen molar-refractivity contribution >= 4 is 13.8 Å². The molecule has 0 aromatic rings. The molecule has 0 fully saturated rings. The minimum atomic E-state index is 0.161. The van der Waals surface area contributed by atoms with Crippen molar-refractivity contribution in [3.05, 3.63) is 0 Å². The largest absolute Gasteiger partial charge is 0.359 e. The van der Waals surface area contributed by atoms with Crippen LogP contribution in [-0.2, 0) is 4.79 Å². The molecule has 0 bridgehead atoms. The average molecular weight is 141 g/mol. The molecule has 1 amide bonds. The van der Waals surface area contributed by atoms with Gasteiger partial charge in [0, 0.05) is 13.0 Å². The van der Waals surface area contributed by atoms with Gasteiger partial charge in [0.1, 0.15) is 7.85 Å². The predicted octanol–water partition coefficient (Wildman–Crippen LogP) is 0.200. The number of carbonyl (C=O) groups excluding carboxylic acids is 1. The Morgan fingerprint density at radius 1 is 1.70 bits per heavy atom. The summed E-state index contributed by atoms with van der Waals surface area (Å²) in [5, 5.41) is 2.63. The molecule has 0 aliphatic rings. The van der Waals surface area contributed by atoms with E-state index in [-0.39, 0.29) is 11.8 Å². The van der Waals surface area contributed by atoms with Crippen LogP contribution in [0, 0.1) is 5.92 Å². The van der Waals surface area contributed by atoms with Gasteiger partial charge in [0.2, 0.25) is 5.91 Å². The zero-order chi connectivity index (χ0) is 7.98. The highest BCUT2D eigenvalue weighted by Crippen LogP contribution is 2.06. The van der Waals surface area contributed by atoms with Crippen LogP contribution < -0.4 is 5.32 Å². The summed E-state index contributed by atoms with van der Waals surface area (Å²) in [7, 11) is 3.82. The molecule has 58 valence electrons. The highest BCUT2D eigenvalue weighted by atomic mass is 16.1. The monoisotopic (exact) mass is 141 g/mol. The molecule has 0 spiro atoms. The number of hydrogen-bond acceptors (Lipinski definition) is 1. The fourth-order valence-electron chi connectivity index (χ4n) is 0.888. The lowest BCUT2D eigenvalue weighted by Crippen LogP contribution is -2.25. The van der Waals surface area contributed by atoms with Crippen LogP contribution in [0.1, 0.15) is 19.8 Å². The fraction of sp³-hybridized carbons (Fsp3) is 0.857. The zero-order valence-electron chi connectivity index (χ0n) is 7.11. The minimum absolute atomic E-state index is 0.161. The summed E-state index contributed by atoms with van der Waals surface area (Å²) >= 11 is 0. The molecule has 0 aromatic heterocycles. The third kappa shape index (κ3) is 3.54. The van der Waals surface area contributed by atoms with Crippen LogP contribution >= 0.6 is 0 Å². The Morgan fingerprint density at radius 2 is 2.30 bits per heavy atom. The van der Waals surface area contributed by atoms with Crippen molar-refractivity contribution in [2.24, 2.45) is 5.92 Å². The quantitative estimate of drug-likeness (QED) is 0.556. The normalized spacial score (nSPS) is 12.6. The molecule has 2 nitrogen and oxygen atoms in total. The molecule has 1 unspecified atom stereocenters. The first kappa shape index (κ1) is 9.53. The number of carbonyl (C=O) groups is 1. The van der Waals surface area contributed by atoms with Crippen molar-refractivity contribution in [1.82, 2.24) is 5.32 Å². The Kier molecular flexibility index (Phi) is 5.08. The van der Waals surface area contributed by atoms with E-state index in [9.17, 15) is 4.79 Å². The Balaban J connectivity index is 3.41. The first-order valence-electron chi connectivity index (χ1n) is 3.94. The van der Waals surface area contributed by atoms with Crippen molar-refractivity contribution in [3.63, 3.8) is 0 Å². The van der Waals surface area contributed by atoms with E-state index in [1.54, 1.807) is 7.05 Å². The van der Waals surface area contributed by atoms with Crippen LogP contribution in [0.15, 0.2) is 0 Å². The highest BCUT2D eigenvalue weighted by molar-refractivity contribution is 6.08. The SMILES string of the molecule is BCCCC(C)C(=O)NC. The molecular weight excluding hydrogens is 125 g/mol. The molecule has 0 saturated carbocycles. The van der Waals surface area contributed by atoms with Gasteiger partial charge in [0.25, 0.3) is 0 Å². The lowest BCUT2D eigenvalue weighted by molar-refractivity contribution is -0.124. The van der Waals surface area contributed by atoms with E-state index < -0.39 is 0 Å². The molecule has 0 heterocycles. The number of nitrogens with one attached hydrogen (secondary N) is 1. The van der Waals surface area contributed by atoms with Gasteiger partial charge in [0.05, 0.1) is 0 Å². The van der Waals surface area contributed by atoms with Gasteiger partial charge in [-0.05, 0) is 6.42 Å². The van der Waals surface area contributed by atoms with E-state index in [4.69, 9.17) is 0 Å². The second kappa shape index (κ2) is 5.33. The Hall–Kier alpha value is -0.465. The maximum absolute atomic E-state index is 10.9. The Labute approximate surface area is 63.8 Å². The number of hydrogen-bond donors (Lipinski definition) is 1. The lowest BCUT2D eigenvalue weighted by Gasteiger charge is -2.07. The van der Waals surface area contributed by atoms with Crippen molar-refractivity contribution in [2.75, 3.05) is 7.05 Å². The summed E-state index contributed by atoms with van der Waals surface area (Å²) in [5.74, 6) is 0.346. The summed E-state index contributed by atoms with van der Waals surface area (Å²) in [6, 6.07) is 0. The first-order valence-corrected chi connectivity index (χ1v) is 3.94. The van der Waals surface area contributed by atoms with Crippen molar-refractivity contribution < 1.29 is 4.79 Å². The molecule has 1 N–H and O–H groups in total. The van der Waals surface area contributed by atoms with Crippen LogP contribution in [0.2, 0.25) is 6.32 Å². The predicted molar refractivity (Wildman–Crippen MR) is 45.8 cm³/mol. The summed E-state index contributed by atoms with van der Waals surface area (Å²) in [4.78, 5) is 10.9. The van der Waals surface area contributed by atoms with Gasteiger partial charge in [-0.25, -0.2) is 0 Å². The molecule has 0 aliphatic carbocycles. The maximum atomic E-state index is 10.9. The van der Waals surface area contributed by atoms with Gasteiger partial charge in [-0.2, -0.15) is 0 Å². The molecule has 0 rings (SSSR count). The van der Waals surface area contributed by atoms with Gasteiger partial charge in [0.15, 0.2) is 0 Å². The second-order valence-electron chi connectivity index (χ2n) is 2.66. The fourth-order valence-corrected chi connectivity index (χ4v) is 0.888. The van der Waals surface area contributed by atoms with Crippen LogP contribution in [0.25, 0.3) is 0 Å². The molecule has 1 atom stereocenters. The van der Waals surface area contributed by atoms with Gasteiger partial charge < -0.3 is 5.32 Å². The van der Waals surface area contributed by atoms with Gasteiger partial charge in [-0.15, -0.1) is 0 Å². The van der Waals surface area contributed by atoms with Crippen LogP contribution in [-0.4, -0.2) is 20.8 Å².